The molecule has 0 aliphatic rings. The van der Waals surface area contributed by atoms with E-state index in [4.69, 9.17) is 11.6 Å². The lowest BCUT2D eigenvalue weighted by Crippen LogP contribution is -2.08. The fraction of sp³-hybridized carbons (Fsp3) is 0.182. The van der Waals surface area contributed by atoms with E-state index in [0.29, 0.717) is 12.1 Å². The Balaban J connectivity index is 2.99. The number of aryl methyl sites for hydroxylation is 1. The first kappa shape index (κ1) is 11.0. The second kappa shape index (κ2) is 3.79. The molecule has 0 aliphatic carbocycles. The van der Waals surface area contributed by atoms with Crippen molar-refractivity contribution in [2.45, 2.75) is 13.5 Å². The Morgan fingerprint density at radius 1 is 1.50 bits per heavy atom. The van der Waals surface area contributed by atoms with Gasteiger partial charge in [0.1, 0.15) is 5.82 Å². The van der Waals surface area contributed by atoms with Gasteiger partial charge in [0.15, 0.2) is 5.75 Å². The van der Waals surface area contributed by atoms with E-state index in [-0.39, 0.29) is 10.4 Å². The van der Waals surface area contributed by atoms with Crippen LogP contribution in [-0.4, -0.2) is 9.67 Å². The van der Waals surface area contributed by atoms with E-state index >= 15 is 0 Å². The topological polar surface area (TPSA) is 42.2 Å². The van der Waals surface area contributed by atoms with E-state index < -0.39 is 17.0 Å². The summed E-state index contributed by atoms with van der Waals surface area (Å²) in [6.45, 7) is 2.40. The maximum atomic E-state index is 13.2. The second-order valence-corrected chi connectivity index (χ2v) is 3.82. The van der Waals surface area contributed by atoms with Crippen LogP contribution in [0.1, 0.15) is 6.92 Å². The van der Waals surface area contributed by atoms with E-state index in [9.17, 15) is 14.3 Å². The summed E-state index contributed by atoms with van der Waals surface area (Å²) in [6.07, 6.45) is 1.32. The Morgan fingerprint density at radius 2 is 2.19 bits per heavy atom. The van der Waals surface area contributed by atoms with Crippen molar-refractivity contribution in [1.82, 2.24) is 4.57 Å². The molecule has 0 unspecified atom stereocenters. The highest BCUT2D eigenvalue weighted by Crippen LogP contribution is 2.22. The van der Waals surface area contributed by atoms with Gasteiger partial charge in [-0.25, -0.2) is 4.39 Å². The molecule has 0 radical (unpaired) electrons. The molecule has 2 rings (SSSR count). The molecule has 2 aromatic rings. The molecular formula is C11H9ClFNO2. The highest BCUT2D eigenvalue weighted by atomic mass is 35.5. The van der Waals surface area contributed by atoms with E-state index in [0.717, 1.165) is 6.07 Å². The predicted molar refractivity (Wildman–Crippen MR) is 60.5 cm³/mol. The van der Waals surface area contributed by atoms with Gasteiger partial charge in [0.25, 0.3) is 0 Å². The molecule has 1 N–H and O–H groups in total. The van der Waals surface area contributed by atoms with Crippen molar-refractivity contribution >= 4 is 22.5 Å². The van der Waals surface area contributed by atoms with E-state index in [1.807, 2.05) is 6.92 Å². The van der Waals surface area contributed by atoms with Crippen LogP contribution in [0.25, 0.3) is 10.9 Å². The fourth-order valence-electron chi connectivity index (χ4n) is 1.63. The molecule has 1 heterocycles. The average Bonchev–Trinajstić information content (AvgIpc) is 2.26. The summed E-state index contributed by atoms with van der Waals surface area (Å²) >= 11 is 5.66. The van der Waals surface area contributed by atoms with E-state index in [2.05, 4.69) is 0 Å². The monoisotopic (exact) mass is 241 g/mol. The SMILES string of the molecule is CCn1cc(O)c(=O)c2cc(F)c(Cl)cc21. The van der Waals surface area contributed by atoms with Gasteiger partial charge < -0.3 is 9.67 Å². The van der Waals surface area contributed by atoms with Gasteiger partial charge in [-0.3, -0.25) is 4.79 Å². The maximum Gasteiger partial charge on any atom is 0.231 e. The minimum absolute atomic E-state index is 0.0419. The van der Waals surface area contributed by atoms with Gasteiger partial charge in [0, 0.05) is 6.54 Å². The molecule has 0 bridgehead atoms. The van der Waals surface area contributed by atoms with Crippen LogP contribution in [0.4, 0.5) is 4.39 Å². The van der Waals surface area contributed by atoms with Crippen LogP contribution in [0.15, 0.2) is 23.1 Å². The Labute approximate surface area is 95.7 Å². The van der Waals surface area contributed by atoms with Crippen LogP contribution < -0.4 is 5.43 Å². The molecule has 5 heteroatoms. The molecule has 0 spiro atoms. The molecule has 0 atom stereocenters. The number of halogens is 2. The first-order chi connectivity index (χ1) is 7.54. The van der Waals surface area contributed by atoms with Gasteiger partial charge in [0.2, 0.25) is 5.43 Å². The summed E-state index contributed by atoms with van der Waals surface area (Å²) in [6, 6.07) is 2.43. The van der Waals surface area contributed by atoms with Crippen molar-refractivity contribution in [2.24, 2.45) is 0 Å². The van der Waals surface area contributed by atoms with E-state index in [1.54, 1.807) is 4.57 Å². The molecular weight excluding hydrogens is 233 g/mol. The highest BCUT2D eigenvalue weighted by Gasteiger charge is 2.10. The number of aromatic nitrogens is 1. The van der Waals surface area contributed by atoms with Crippen molar-refractivity contribution in [3.05, 3.63) is 39.4 Å². The number of fused-ring (bicyclic) bond motifs is 1. The van der Waals surface area contributed by atoms with Crippen LogP contribution in [0.5, 0.6) is 5.75 Å². The summed E-state index contributed by atoms with van der Waals surface area (Å²) in [4.78, 5) is 11.6. The lowest BCUT2D eigenvalue weighted by atomic mass is 10.2. The Morgan fingerprint density at radius 3 is 2.81 bits per heavy atom. The largest absolute Gasteiger partial charge is 0.503 e. The molecule has 1 aromatic carbocycles. The molecule has 0 amide bonds. The molecule has 0 saturated heterocycles. The number of hydrogen-bond acceptors (Lipinski definition) is 2. The van der Waals surface area contributed by atoms with E-state index in [1.165, 1.54) is 12.3 Å². The third kappa shape index (κ3) is 1.55. The lowest BCUT2D eigenvalue weighted by Gasteiger charge is -2.09. The van der Waals surface area contributed by atoms with Crippen molar-refractivity contribution in [3.63, 3.8) is 0 Å². The Bertz CT molecular complexity index is 621. The van der Waals surface area contributed by atoms with Crippen LogP contribution in [-0.2, 0) is 6.54 Å². The molecule has 0 saturated carbocycles. The van der Waals surface area contributed by atoms with Crippen molar-refractivity contribution in [3.8, 4) is 5.75 Å². The smallest absolute Gasteiger partial charge is 0.231 e. The third-order valence-electron chi connectivity index (χ3n) is 2.44. The molecule has 0 aliphatic heterocycles. The quantitative estimate of drug-likeness (QED) is 0.834. The van der Waals surface area contributed by atoms with Crippen molar-refractivity contribution < 1.29 is 9.50 Å². The van der Waals surface area contributed by atoms with Gasteiger partial charge in [0.05, 0.1) is 22.1 Å². The van der Waals surface area contributed by atoms with Crippen LogP contribution >= 0.6 is 11.6 Å². The number of benzene rings is 1. The second-order valence-electron chi connectivity index (χ2n) is 3.41. The number of pyridine rings is 1. The summed E-state index contributed by atoms with van der Waals surface area (Å²) in [5.41, 5.74) is -0.0769. The molecule has 1 aromatic heterocycles. The third-order valence-corrected chi connectivity index (χ3v) is 2.73. The summed E-state index contributed by atoms with van der Waals surface area (Å²) in [7, 11) is 0. The Kier molecular flexibility index (Phi) is 2.59. The van der Waals surface area contributed by atoms with Gasteiger partial charge >= 0.3 is 0 Å². The van der Waals surface area contributed by atoms with Gasteiger partial charge in [-0.05, 0) is 19.1 Å². The first-order valence-corrected chi connectivity index (χ1v) is 5.13. The number of hydrogen-bond donors (Lipinski definition) is 1. The van der Waals surface area contributed by atoms with Crippen LogP contribution in [0, 0.1) is 5.82 Å². The number of nitrogens with zero attached hydrogens (tertiary/aromatic N) is 1. The van der Waals surface area contributed by atoms with Crippen molar-refractivity contribution in [1.29, 1.82) is 0 Å². The summed E-state index contributed by atoms with van der Waals surface area (Å²) in [5.74, 6) is -1.06. The maximum absolute atomic E-state index is 13.2. The molecule has 16 heavy (non-hydrogen) atoms. The fourth-order valence-corrected chi connectivity index (χ4v) is 1.79. The number of rotatable bonds is 1. The normalized spacial score (nSPS) is 10.9. The zero-order valence-electron chi connectivity index (χ0n) is 8.50. The summed E-state index contributed by atoms with van der Waals surface area (Å²) in [5, 5.41) is 9.49. The lowest BCUT2D eigenvalue weighted by molar-refractivity contribution is 0.464. The van der Waals surface area contributed by atoms with Crippen LogP contribution in [0.2, 0.25) is 5.02 Å². The first-order valence-electron chi connectivity index (χ1n) is 4.75. The van der Waals surface area contributed by atoms with Gasteiger partial charge in [-0.2, -0.15) is 0 Å². The number of aromatic hydroxyl groups is 1. The zero-order chi connectivity index (χ0) is 11.9. The molecule has 84 valence electrons. The molecule has 0 fully saturated rings. The van der Waals surface area contributed by atoms with Crippen molar-refractivity contribution in [2.75, 3.05) is 0 Å². The minimum atomic E-state index is -0.667. The minimum Gasteiger partial charge on any atom is -0.503 e. The molecule has 3 nitrogen and oxygen atoms in total. The highest BCUT2D eigenvalue weighted by molar-refractivity contribution is 6.31. The predicted octanol–water partition coefficient (Wildman–Crippen LogP) is 2.52. The standard InChI is InChI=1S/C11H9ClFNO2/c1-2-14-5-10(15)11(16)6-3-8(13)7(12)4-9(6)14/h3-5,15H,2H2,1H3. The Hall–Kier alpha value is -1.55. The van der Waals surface area contributed by atoms with Gasteiger partial charge in [-0.15, -0.1) is 0 Å². The zero-order valence-corrected chi connectivity index (χ0v) is 9.25. The summed E-state index contributed by atoms with van der Waals surface area (Å²) < 4.78 is 14.9. The average molecular weight is 242 g/mol. The van der Waals surface area contributed by atoms with Crippen LogP contribution in [0.3, 0.4) is 0 Å². The van der Waals surface area contributed by atoms with Gasteiger partial charge in [-0.1, -0.05) is 11.6 Å².